The van der Waals surface area contributed by atoms with Crippen LogP contribution in [0.2, 0.25) is 0 Å². The van der Waals surface area contributed by atoms with E-state index in [-0.39, 0.29) is 5.91 Å². The standard InChI is InChI=1S/C16H22N4O4/c21-15(20-3-1-16(2-4-20)23-9-10-24-16)13-11-14(18-12-17-13)19-5-7-22-8-6-19/h11-12H,1-10H2. The SMILES string of the molecule is O=C(c1cc(N2CCOCC2)ncn1)N1CCC2(CC1)OCCO2. The number of amides is 1. The average Bonchev–Trinajstić information content (AvgIpc) is 3.11. The normalized spacial score (nSPS) is 23.7. The number of carbonyl (C=O) groups excluding carboxylic acids is 1. The summed E-state index contributed by atoms with van der Waals surface area (Å²) >= 11 is 0. The zero-order valence-corrected chi connectivity index (χ0v) is 13.6. The third-order valence-electron chi connectivity index (χ3n) is 4.83. The summed E-state index contributed by atoms with van der Waals surface area (Å²) in [5, 5.41) is 0. The lowest BCUT2D eigenvalue weighted by atomic mass is 10.0. The molecule has 0 radical (unpaired) electrons. The first-order valence-corrected chi connectivity index (χ1v) is 8.48. The van der Waals surface area contributed by atoms with Crippen molar-refractivity contribution in [2.45, 2.75) is 18.6 Å². The van der Waals surface area contributed by atoms with Crippen LogP contribution in [0.15, 0.2) is 12.4 Å². The highest BCUT2D eigenvalue weighted by atomic mass is 16.7. The number of piperidine rings is 1. The summed E-state index contributed by atoms with van der Waals surface area (Å²) in [4.78, 5) is 25.2. The Balaban J connectivity index is 1.43. The molecule has 0 aliphatic carbocycles. The number of nitrogens with zero attached hydrogens (tertiary/aromatic N) is 4. The van der Waals surface area contributed by atoms with Crippen molar-refractivity contribution >= 4 is 11.7 Å². The van der Waals surface area contributed by atoms with E-state index < -0.39 is 5.79 Å². The lowest BCUT2D eigenvalue weighted by Gasteiger charge is -2.37. The molecule has 24 heavy (non-hydrogen) atoms. The van der Waals surface area contributed by atoms with Crippen LogP contribution in [0.1, 0.15) is 23.3 Å². The molecule has 3 aliphatic heterocycles. The van der Waals surface area contributed by atoms with Crippen LogP contribution in [-0.4, -0.2) is 79.2 Å². The Bertz CT molecular complexity index is 589. The highest BCUT2D eigenvalue weighted by Crippen LogP contribution is 2.31. The number of anilines is 1. The summed E-state index contributed by atoms with van der Waals surface area (Å²) in [6, 6.07) is 1.78. The molecule has 0 N–H and O–H groups in total. The Labute approximate surface area is 140 Å². The molecule has 0 atom stereocenters. The molecule has 0 unspecified atom stereocenters. The van der Waals surface area contributed by atoms with Gasteiger partial charge in [-0.3, -0.25) is 4.79 Å². The van der Waals surface area contributed by atoms with Crippen molar-refractivity contribution in [1.82, 2.24) is 14.9 Å². The highest BCUT2D eigenvalue weighted by Gasteiger charge is 2.41. The topological polar surface area (TPSA) is 77.0 Å². The zero-order valence-electron chi connectivity index (χ0n) is 13.6. The van der Waals surface area contributed by atoms with Gasteiger partial charge in [-0.15, -0.1) is 0 Å². The Hall–Kier alpha value is -1.77. The van der Waals surface area contributed by atoms with E-state index in [1.165, 1.54) is 6.33 Å². The van der Waals surface area contributed by atoms with E-state index >= 15 is 0 Å². The van der Waals surface area contributed by atoms with Gasteiger partial charge in [-0.05, 0) is 0 Å². The van der Waals surface area contributed by atoms with E-state index in [1.807, 2.05) is 4.90 Å². The van der Waals surface area contributed by atoms with E-state index in [0.29, 0.717) is 58.1 Å². The molecule has 4 heterocycles. The maximum absolute atomic E-state index is 12.7. The number of likely N-dealkylation sites (tertiary alicyclic amines) is 1. The van der Waals surface area contributed by atoms with E-state index in [4.69, 9.17) is 14.2 Å². The molecule has 8 nitrogen and oxygen atoms in total. The number of hydrogen-bond donors (Lipinski definition) is 0. The minimum absolute atomic E-state index is 0.0558. The summed E-state index contributed by atoms with van der Waals surface area (Å²) in [6.07, 6.45) is 2.88. The molecule has 1 aromatic heterocycles. The van der Waals surface area contributed by atoms with Gasteiger partial charge in [0.15, 0.2) is 5.79 Å². The van der Waals surface area contributed by atoms with E-state index in [2.05, 4.69) is 14.9 Å². The predicted octanol–water partition coefficient (Wildman–Crippen LogP) is 0.292. The van der Waals surface area contributed by atoms with Gasteiger partial charge in [0.05, 0.1) is 26.4 Å². The van der Waals surface area contributed by atoms with Gasteiger partial charge in [0.1, 0.15) is 17.8 Å². The molecular weight excluding hydrogens is 312 g/mol. The van der Waals surface area contributed by atoms with Crippen LogP contribution in [-0.2, 0) is 14.2 Å². The Morgan fingerprint density at radius 1 is 1.00 bits per heavy atom. The Kier molecular flexibility index (Phi) is 4.34. The van der Waals surface area contributed by atoms with Gasteiger partial charge < -0.3 is 24.0 Å². The molecule has 3 fully saturated rings. The second-order valence-corrected chi connectivity index (χ2v) is 6.26. The smallest absolute Gasteiger partial charge is 0.272 e. The largest absolute Gasteiger partial charge is 0.378 e. The number of hydrogen-bond acceptors (Lipinski definition) is 7. The summed E-state index contributed by atoms with van der Waals surface area (Å²) in [7, 11) is 0. The Morgan fingerprint density at radius 2 is 1.71 bits per heavy atom. The number of aromatic nitrogens is 2. The van der Waals surface area contributed by atoms with Gasteiger partial charge >= 0.3 is 0 Å². The van der Waals surface area contributed by atoms with Gasteiger partial charge in [0.25, 0.3) is 5.91 Å². The van der Waals surface area contributed by atoms with E-state index in [9.17, 15) is 4.79 Å². The maximum Gasteiger partial charge on any atom is 0.272 e. The number of rotatable bonds is 2. The molecule has 1 aromatic rings. The summed E-state index contributed by atoms with van der Waals surface area (Å²) in [5.41, 5.74) is 0.440. The molecule has 0 bridgehead atoms. The van der Waals surface area contributed by atoms with Crippen molar-refractivity contribution in [3.8, 4) is 0 Å². The molecule has 3 saturated heterocycles. The van der Waals surface area contributed by atoms with Gasteiger partial charge in [-0.25, -0.2) is 9.97 Å². The molecule has 1 spiro atoms. The van der Waals surface area contributed by atoms with Crippen molar-refractivity contribution in [3.63, 3.8) is 0 Å². The van der Waals surface area contributed by atoms with Crippen LogP contribution in [0, 0.1) is 0 Å². The first-order valence-electron chi connectivity index (χ1n) is 8.48. The zero-order chi connectivity index (χ0) is 16.4. The number of ether oxygens (including phenoxy) is 3. The van der Waals surface area contributed by atoms with Gasteiger partial charge in [-0.2, -0.15) is 0 Å². The van der Waals surface area contributed by atoms with Crippen LogP contribution in [0.4, 0.5) is 5.82 Å². The molecule has 4 rings (SSSR count). The molecule has 3 aliphatic rings. The lowest BCUT2D eigenvalue weighted by Crippen LogP contribution is -2.47. The number of morpholine rings is 1. The molecule has 0 saturated carbocycles. The first-order chi connectivity index (χ1) is 11.8. The fraction of sp³-hybridized carbons (Fsp3) is 0.688. The van der Waals surface area contributed by atoms with Gasteiger partial charge in [0.2, 0.25) is 0 Å². The molecular formula is C16H22N4O4. The summed E-state index contributed by atoms with van der Waals surface area (Å²) in [5.74, 6) is 0.258. The van der Waals surface area contributed by atoms with Gasteiger partial charge in [0, 0.05) is 45.1 Å². The van der Waals surface area contributed by atoms with Crippen molar-refractivity contribution in [1.29, 1.82) is 0 Å². The second kappa shape index (κ2) is 6.62. The van der Waals surface area contributed by atoms with E-state index in [1.54, 1.807) is 6.07 Å². The third kappa shape index (κ3) is 3.09. The fourth-order valence-electron chi connectivity index (χ4n) is 3.43. The average molecular weight is 334 g/mol. The van der Waals surface area contributed by atoms with Crippen molar-refractivity contribution in [2.24, 2.45) is 0 Å². The fourth-order valence-corrected chi connectivity index (χ4v) is 3.43. The molecule has 130 valence electrons. The van der Waals surface area contributed by atoms with Crippen LogP contribution in [0.5, 0.6) is 0 Å². The molecule has 1 amide bonds. The van der Waals surface area contributed by atoms with Crippen molar-refractivity contribution in [3.05, 3.63) is 18.1 Å². The highest BCUT2D eigenvalue weighted by molar-refractivity contribution is 5.93. The summed E-state index contributed by atoms with van der Waals surface area (Å²) in [6.45, 7) is 5.46. The van der Waals surface area contributed by atoms with Crippen LogP contribution >= 0.6 is 0 Å². The minimum Gasteiger partial charge on any atom is -0.378 e. The van der Waals surface area contributed by atoms with Crippen LogP contribution < -0.4 is 4.90 Å². The monoisotopic (exact) mass is 334 g/mol. The van der Waals surface area contributed by atoms with Crippen molar-refractivity contribution in [2.75, 3.05) is 57.5 Å². The Morgan fingerprint density at radius 3 is 2.42 bits per heavy atom. The molecule has 8 heteroatoms. The van der Waals surface area contributed by atoms with Crippen LogP contribution in [0.25, 0.3) is 0 Å². The quantitative estimate of drug-likeness (QED) is 0.769. The minimum atomic E-state index is -0.471. The maximum atomic E-state index is 12.7. The van der Waals surface area contributed by atoms with Crippen LogP contribution in [0.3, 0.4) is 0 Å². The van der Waals surface area contributed by atoms with Crippen molar-refractivity contribution < 1.29 is 19.0 Å². The van der Waals surface area contributed by atoms with E-state index in [0.717, 1.165) is 18.9 Å². The lowest BCUT2D eigenvalue weighted by molar-refractivity contribution is -0.181. The third-order valence-corrected chi connectivity index (χ3v) is 4.83. The first kappa shape index (κ1) is 15.7. The number of carbonyl (C=O) groups is 1. The summed E-state index contributed by atoms with van der Waals surface area (Å²) < 4.78 is 16.8. The molecule has 0 aromatic carbocycles. The predicted molar refractivity (Wildman–Crippen MR) is 84.8 cm³/mol. The van der Waals surface area contributed by atoms with Gasteiger partial charge in [-0.1, -0.05) is 0 Å². The second-order valence-electron chi connectivity index (χ2n) is 6.26.